The summed E-state index contributed by atoms with van der Waals surface area (Å²) in [5.74, 6) is -0.930. The highest BCUT2D eigenvalue weighted by molar-refractivity contribution is 5.98. The second-order valence-corrected chi connectivity index (χ2v) is 11.1. The Bertz CT molecular complexity index is 1800. The molecule has 1 aromatic carbocycles. The van der Waals surface area contributed by atoms with E-state index < -0.39 is 11.4 Å². The van der Waals surface area contributed by atoms with Crippen molar-refractivity contribution in [3.63, 3.8) is 0 Å². The molecule has 0 radical (unpaired) electrons. The van der Waals surface area contributed by atoms with E-state index >= 15 is 0 Å². The molecule has 0 amide bonds. The molecule has 2 aliphatic heterocycles. The van der Waals surface area contributed by atoms with Gasteiger partial charge in [-0.05, 0) is 48.7 Å². The Morgan fingerprint density at radius 1 is 1.12 bits per heavy atom. The molecule has 2 fully saturated rings. The number of fused-ring (bicyclic) bond motifs is 5. The fourth-order valence-corrected chi connectivity index (χ4v) is 6.86. The predicted molar refractivity (Wildman–Crippen MR) is 152 cm³/mol. The van der Waals surface area contributed by atoms with Crippen molar-refractivity contribution < 1.29 is 14.3 Å². The van der Waals surface area contributed by atoms with Crippen molar-refractivity contribution in [1.82, 2.24) is 19.4 Å². The van der Waals surface area contributed by atoms with Crippen LogP contribution in [-0.4, -0.2) is 70.3 Å². The van der Waals surface area contributed by atoms with Gasteiger partial charge in [0, 0.05) is 87.2 Å². The first kappa shape index (κ1) is 24.7. The molecule has 2 atom stereocenters. The number of likely N-dealkylation sites (N-methyl/N-ethyl adjacent to an activating group) is 1. The quantitative estimate of drug-likeness (QED) is 0.357. The maximum Gasteiger partial charge on any atom is 0.341 e. The standard InChI is InChI=1S/C30H29FN6O3/c1-32-23-8-17(31)7-19-18(23)9-24-26(19)27(37-5-4-15-12-35(2)25(15)14-37)21(11-33-24)16-6-20-28(38)22(30(39)40)13-36(3)29(20)34-10-16/h6-8,10-11,13,15,25,32H,4-5,9,12,14H2,1-3H3,(H,39,40)/t15-,25?/m0/s1. The van der Waals surface area contributed by atoms with Gasteiger partial charge in [-0.1, -0.05) is 0 Å². The molecule has 3 aliphatic rings. The molecule has 2 N–H and O–H groups in total. The highest BCUT2D eigenvalue weighted by Crippen LogP contribution is 2.50. The van der Waals surface area contributed by atoms with E-state index in [1.807, 2.05) is 6.20 Å². The minimum absolute atomic E-state index is 0.229. The number of nitrogens with zero attached hydrogens (tertiary/aromatic N) is 5. The maximum absolute atomic E-state index is 14.9. The van der Waals surface area contributed by atoms with Gasteiger partial charge in [-0.3, -0.25) is 9.78 Å². The van der Waals surface area contributed by atoms with Crippen LogP contribution < -0.4 is 15.6 Å². The third-order valence-corrected chi connectivity index (χ3v) is 8.91. The molecule has 5 heterocycles. The van der Waals surface area contributed by atoms with Gasteiger partial charge in [0.25, 0.3) is 0 Å². The van der Waals surface area contributed by atoms with Crippen molar-refractivity contribution in [3.05, 3.63) is 69.7 Å². The molecular formula is C30H29FN6O3. The fourth-order valence-electron chi connectivity index (χ4n) is 6.86. The number of aryl methyl sites for hydroxylation is 1. The second kappa shape index (κ2) is 8.85. The SMILES string of the molecule is CNc1cc(F)cc2c1Cc1ncc(-c3cnc4c(c3)c(=O)c(C(=O)O)cn4C)c(N3CC[C@H]4CN(C)C4C3)c1-2. The molecule has 40 heavy (non-hydrogen) atoms. The van der Waals surface area contributed by atoms with E-state index in [0.717, 1.165) is 65.4 Å². The topological polar surface area (TPSA) is 104 Å². The summed E-state index contributed by atoms with van der Waals surface area (Å²) in [5.41, 5.74) is 6.32. The van der Waals surface area contributed by atoms with Gasteiger partial charge < -0.3 is 24.8 Å². The van der Waals surface area contributed by atoms with Gasteiger partial charge in [0.2, 0.25) is 5.43 Å². The van der Waals surface area contributed by atoms with Gasteiger partial charge >= 0.3 is 5.97 Å². The average molecular weight is 541 g/mol. The minimum atomic E-state index is -1.28. The van der Waals surface area contributed by atoms with E-state index in [0.29, 0.717) is 29.6 Å². The number of piperidine rings is 1. The largest absolute Gasteiger partial charge is 0.477 e. The third kappa shape index (κ3) is 3.55. The minimum Gasteiger partial charge on any atom is -0.477 e. The van der Waals surface area contributed by atoms with E-state index in [1.165, 1.54) is 12.3 Å². The normalized spacial score (nSPS) is 19.6. The molecule has 7 rings (SSSR count). The molecule has 1 aliphatic carbocycles. The Morgan fingerprint density at radius 2 is 1.95 bits per heavy atom. The number of aromatic nitrogens is 3. The Morgan fingerprint density at radius 3 is 2.70 bits per heavy atom. The molecule has 10 heteroatoms. The van der Waals surface area contributed by atoms with Gasteiger partial charge in [0.1, 0.15) is 17.0 Å². The van der Waals surface area contributed by atoms with E-state index in [-0.39, 0.29) is 16.8 Å². The smallest absolute Gasteiger partial charge is 0.341 e. The van der Waals surface area contributed by atoms with E-state index in [1.54, 1.807) is 37.0 Å². The van der Waals surface area contributed by atoms with Gasteiger partial charge in [0.15, 0.2) is 0 Å². The molecule has 1 unspecified atom stereocenters. The van der Waals surface area contributed by atoms with Crippen LogP contribution in [0.25, 0.3) is 33.3 Å². The van der Waals surface area contributed by atoms with Crippen molar-refractivity contribution in [2.75, 3.05) is 43.9 Å². The number of aromatic carboxylic acids is 1. The Labute approximate surface area is 229 Å². The van der Waals surface area contributed by atoms with E-state index in [2.05, 4.69) is 27.1 Å². The van der Waals surface area contributed by atoms with Crippen LogP contribution in [0.1, 0.15) is 28.0 Å². The van der Waals surface area contributed by atoms with Crippen LogP contribution in [0.15, 0.2) is 41.6 Å². The number of benzene rings is 1. The summed E-state index contributed by atoms with van der Waals surface area (Å²) >= 11 is 0. The lowest BCUT2D eigenvalue weighted by Gasteiger charge is -2.53. The lowest BCUT2D eigenvalue weighted by atomic mass is 9.82. The second-order valence-electron chi connectivity index (χ2n) is 11.1. The van der Waals surface area contributed by atoms with Crippen LogP contribution in [0.5, 0.6) is 0 Å². The van der Waals surface area contributed by atoms with Crippen molar-refractivity contribution >= 4 is 28.4 Å². The number of carbonyl (C=O) groups is 1. The molecule has 3 aromatic heterocycles. The first-order chi connectivity index (χ1) is 19.2. The summed E-state index contributed by atoms with van der Waals surface area (Å²) in [4.78, 5) is 39.1. The monoisotopic (exact) mass is 540 g/mol. The van der Waals surface area contributed by atoms with Crippen molar-refractivity contribution in [3.8, 4) is 22.3 Å². The lowest BCUT2D eigenvalue weighted by molar-refractivity contribution is 0.0280. The molecular weight excluding hydrogens is 511 g/mol. The van der Waals surface area contributed by atoms with E-state index in [9.17, 15) is 19.1 Å². The maximum atomic E-state index is 14.9. The van der Waals surface area contributed by atoms with Gasteiger partial charge in [-0.2, -0.15) is 0 Å². The molecule has 0 spiro atoms. The zero-order valence-corrected chi connectivity index (χ0v) is 22.5. The Hall–Kier alpha value is -4.31. The highest BCUT2D eigenvalue weighted by Gasteiger charge is 2.42. The third-order valence-electron chi connectivity index (χ3n) is 8.91. The summed E-state index contributed by atoms with van der Waals surface area (Å²) < 4.78 is 16.4. The summed E-state index contributed by atoms with van der Waals surface area (Å²) in [7, 11) is 5.62. The number of hydrogen-bond acceptors (Lipinski definition) is 7. The molecule has 0 bridgehead atoms. The van der Waals surface area contributed by atoms with Crippen LogP contribution in [0.2, 0.25) is 0 Å². The van der Waals surface area contributed by atoms with Crippen LogP contribution in [0.3, 0.4) is 0 Å². The zero-order chi connectivity index (χ0) is 27.9. The number of halogens is 1. The van der Waals surface area contributed by atoms with Crippen LogP contribution >= 0.6 is 0 Å². The van der Waals surface area contributed by atoms with Crippen LogP contribution in [0.4, 0.5) is 15.8 Å². The number of rotatable bonds is 4. The van der Waals surface area contributed by atoms with Gasteiger partial charge in [-0.25, -0.2) is 14.2 Å². The fraction of sp³-hybridized carbons (Fsp3) is 0.333. The number of carboxylic acid groups (broad SMARTS) is 1. The highest BCUT2D eigenvalue weighted by atomic mass is 19.1. The number of likely N-dealkylation sites (tertiary alicyclic amines) is 1. The number of hydrogen-bond donors (Lipinski definition) is 2. The van der Waals surface area contributed by atoms with Crippen LogP contribution in [0, 0.1) is 11.7 Å². The zero-order valence-electron chi connectivity index (χ0n) is 22.5. The molecule has 2 saturated heterocycles. The summed E-state index contributed by atoms with van der Waals surface area (Å²) in [6.07, 6.45) is 6.47. The summed E-state index contributed by atoms with van der Waals surface area (Å²) in [5, 5.41) is 13.0. The average Bonchev–Trinajstić information content (AvgIpc) is 3.31. The Kier molecular flexibility index (Phi) is 5.47. The van der Waals surface area contributed by atoms with E-state index in [4.69, 9.17) is 4.98 Å². The predicted octanol–water partition coefficient (Wildman–Crippen LogP) is 3.59. The van der Waals surface area contributed by atoms with Crippen LogP contribution in [-0.2, 0) is 13.5 Å². The number of carboxylic acids is 1. The number of nitrogens with one attached hydrogen (secondary N) is 1. The molecule has 4 aromatic rings. The lowest BCUT2D eigenvalue weighted by Crippen LogP contribution is -2.62. The number of pyridine rings is 3. The van der Waals surface area contributed by atoms with Crippen molar-refractivity contribution in [1.29, 1.82) is 0 Å². The molecule has 204 valence electrons. The van der Waals surface area contributed by atoms with Gasteiger partial charge in [-0.15, -0.1) is 0 Å². The number of anilines is 2. The summed E-state index contributed by atoms with van der Waals surface area (Å²) in [6, 6.07) is 5.26. The summed E-state index contributed by atoms with van der Waals surface area (Å²) in [6.45, 7) is 2.79. The first-order valence-electron chi connectivity index (χ1n) is 13.5. The first-order valence-corrected chi connectivity index (χ1v) is 13.5. The Balaban J connectivity index is 1.48. The van der Waals surface area contributed by atoms with Crippen molar-refractivity contribution in [2.45, 2.75) is 18.9 Å². The van der Waals surface area contributed by atoms with Crippen molar-refractivity contribution in [2.24, 2.45) is 13.0 Å². The molecule has 0 saturated carbocycles. The molecule has 9 nitrogen and oxygen atoms in total. The van der Waals surface area contributed by atoms with Gasteiger partial charge in [0.05, 0.1) is 16.8 Å².